The van der Waals surface area contributed by atoms with Gasteiger partial charge >= 0.3 is 0 Å². The predicted molar refractivity (Wildman–Crippen MR) is 69.6 cm³/mol. The average Bonchev–Trinajstić information content (AvgIpc) is 2.89. The number of aromatic nitrogens is 3. The van der Waals surface area contributed by atoms with Gasteiger partial charge in [0, 0.05) is 18.9 Å². The Balaban J connectivity index is 2.13. The van der Waals surface area contributed by atoms with Gasteiger partial charge in [0.1, 0.15) is 5.82 Å². The fourth-order valence-corrected chi connectivity index (χ4v) is 1.49. The molecule has 0 saturated heterocycles. The molecule has 0 aliphatic rings. The van der Waals surface area contributed by atoms with Gasteiger partial charge in [0.25, 0.3) is 5.91 Å². The molecule has 2 aromatic rings. The van der Waals surface area contributed by atoms with Crippen LogP contribution >= 0.6 is 0 Å². The molecular formula is C12H15N5O. The van der Waals surface area contributed by atoms with Crippen LogP contribution < -0.4 is 10.6 Å². The van der Waals surface area contributed by atoms with E-state index < -0.39 is 0 Å². The van der Waals surface area contributed by atoms with Gasteiger partial charge in [-0.3, -0.25) is 9.89 Å². The number of aromatic amines is 1. The van der Waals surface area contributed by atoms with Crippen molar-refractivity contribution in [3.05, 3.63) is 36.3 Å². The van der Waals surface area contributed by atoms with Crippen LogP contribution in [0.25, 0.3) is 0 Å². The first kappa shape index (κ1) is 12.1. The van der Waals surface area contributed by atoms with Crippen molar-refractivity contribution in [2.24, 2.45) is 0 Å². The van der Waals surface area contributed by atoms with Crippen molar-refractivity contribution in [2.75, 3.05) is 17.2 Å². The van der Waals surface area contributed by atoms with Crippen LogP contribution in [0.2, 0.25) is 0 Å². The number of pyridine rings is 1. The minimum absolute atomic E-state index is 0.205. The lowest BCUT2D eigenvalue weighted by Gasteiger charge is -2.09. The molecule has 0 unspecified atom stereocenters. The molecule has 2 heterocycles. The Morgan fingerprint density at radius 1 is 1.50 bits per heavy atom. The van der Waals surface area contributed by atoms with Crippen LogP contribution in [0.3, 0.4) is 0 Å². The van der Waals surface area contributed by atoms with Crippen LogP contribution in [0.1, 0.15) is 23.7 Å². The second-order valence-electron chi connectivity index (χ2n) is 3.77. The molecule has 1 amide bonds. The summed E-state index contributed by atoms with van der Waals surface area (Å²) in [5.41, 5.74) is 1.15. The van der Waals surface area contributed by atoms with Gasteiger partial charge in [-0.15, -0.1) is 0 Å². The third-order valence-electron chi connectivity index (χ3n) is 2.35. The quantitative estimate of drug-likeness (QED) is 0.751. The summed E-state index contributed by atoms with van der Waals surface area (Å²) in [7, 11) is 0. The van der Waals surface area contributed by atoms with Gasteiger partial charge in [0.2, 0.25) is 0 Å². The first-order valence-corrected chi connectivity index (χ1v) is 5.80. The molecule has 0 saturated carbocycles. The SMILES string of the molecule is CCCNc1ncccc1C(=O)Nc1cn[nH]c1. The number of hydrogen-bond acceptors (Lipinski definition) is 4. The Kier molecular flexibility index (Phi) is 3.90. The van der Waals surface area contributed by atoms with Gasteiger partial charge in [0.15, 0.2) is 0 Å². The van der Waals surface area contributed by atoms with E-state index in [9.17, 15) is 4.79 Å². The van der Waals surface area contributed by atoms with E-state index in [0.29, 0.717) is 17.1 Å². The maximum absolute atomic E-state index is 12.1. The standard InChI is InChI=1S/C12H15N5O/c1-2-5-13-11-10(4-3-6-14-11)12(18)17-9-7-15-16-8-9/h3-4,6-8H,2,5H2,1H3,(H,13,14)(H,15,16)(H,17,18). The molecule has 0 aliphatic carbocycles. The molecule has 2 rings (SSSR count). The maximum atomic E-state index is 12.1. The molecular weight excluding hydrogens is 230 g/mol. The smallest absolute Gasteiger partial charge is 0.259 e. The Morgan fingerprint density at radius 2 is 2.39 bits per heavy atom. The molecule has 0 atom stereocenters. The monoisotopic (exact) mass is 245 g/mol. The van der Waals surface area contributed by atoms with Crippen molar-refractivity contribution >= 4 is 17.4 Å². The Morgan fingerprint density at radius 3 is 3.11 bits per heavy atom. The zero-order chi connectivity index (χ0) is 12.8. The number of nitrogens with one attached hydrogen (secondary N) is 3. The van der Waals surface area contributed by atoms with E-state index in [1.54, 1.807) is 30.7 Å². The van der Waals surface area contributed by atoms with Crippen LogP contribution in [-0.2, 0) is 0 Å². The highest BCUT2D eigenvalue weighted by Gasteiger charge is 2.12. The summed E-state index contributed by atoms with van der Waals surface area (Å²) in [6.07, 6.45) is 5.80. The minimum Gasteiger partial charge on any atom is -0.369 e. The van der Waals surface area contributed by atoms with Gasteiger partial charge < -0.3 is 10.6 Å². The number of carbonyl (C=O) groups excluding carboxylic acids is 1. The van der Waals surface area contributed by atoms with Crippen LogP contribution in [0.5, 0.6) is 0 Å². The van der Waals surface area contributed by atoms with Crippen molar-refractivity contribution in [1.82, 2.24) is 15.2 Å². The fourth-order valence-electron chi connectivity index (χ4n) is 1.49. The van der Waals surface area contributed by atoms with Gasteiger partial charge in [-0.25, -0.2) is 4.98 Å². The molecule has 94 valence electrons. The molecule has 3 N–H and O–H groups in total. The second kappa shape index (κ2) is 5.81. The summed E-state index contributed by atoms with van der Waals surface area (Å²) in [5, 5.41) is 12.3. The summed E-state index contributed by atoms with van der Waals surface area (Å²) in [5.74, 6) is 0.392. The maximum Gasteiger partial charge on any atom is 0.259 e. The first-order valence-electron chi connectivity index (χ1n) is 5.80. The number of nitrogens with zero attached hydrogens (tertiary/aromatic N) is 2. The molecule has 6 nitrogen and oxygen atoms in total. The summed E-state index contributed by atoms with van der Waals surface area (Å²) >= 11 is 0. The normalized spacial score (nSPS) is 10.1. The van der Waals surface area contributed by atoms with Crippen LogP contribution in [0.4, 0.5) is 11.5 Å². The number of rotatable bonds is 5. The van der Waals surface area contributed by atoms with E-state index in [2.05, 4.69) is 32.7 Å². The predicted octanol–water partition coefficient (Wildman–Crippen LogP) is 1.88. The summed E-state index contributed by atoms with van der Waals surface area (Å²) in [6, 6.07) is 3.47. The van der Waals surface area contributed by atoms with Crippen molar-refractivity contribution in [1.29, 1.82) is 0 Å². The van der Waals surface area contributed by atoms with E-state index in [-0.39, 0.29) is 5.91 Å². The third kappa shape index (κ3) is 2.85. The number of H-pyrrole nitrogens is 1. The largest absolute Gasteiger partial charge is 0.369 e. The minimum atomic E-state index is -0.205. The van der Waals surface area contributed by atoms with Crippen molar-refractivity contribution in [3.63, 3.8) is 0 Å². The number of amides is 1. The lowest BCUT2D eigenvalue weighted by atomic mass is 10.2. The molecule has 2 aromatic heterocycles. The molecule has 18 heavy (non-hydrogen) atoms. The van der Waals surface area contributed by atoms with E-state index >= 15 is 0 Å². The molecule has 0 aromatic carbocycles. The summed E-state index contributed by atoms with van der Waals surface area (Å²) in [6.45, 7) is 2.84. The van der Waals surface area contributed by atoms with Gasteiger partial charge in [0.05, 0.1) is 17.4 Å². The van der Waals surface area contributed by atoms with Crippen LogP contribution in [0, 0.1) is 0 Å². The van der Waals surface area contributed by atoms with E-state index in [1.807, 2.05) is 0 Å². The highest BCUT2D eigenvalue weighted by molar-refractivity contribution is 6.07. The van der Waals surface area contributed by atoms with E-state index in [0.717, 1.165) is 13.0 Å². The average molecular weight is 245 g/mol. The lowest BCUT2D eigenvalue weighted by Crippen LogP contribution is -2.15. The molecule has 6 heteroatoms. The molecule has 0 bridgehead atoms. The van der Waals surface area contributed by atoms with Gasteiger partial charge in [-0.2, -0.15) is 5.10 Å². The number of carbonyl (C=O) groups is 1. The molecule has 0 aliphatic heterocycles. The lowest BCUT2D eigenvalue weighted by molar-refractivity contribution is 0.102. The second-order valence-corrected chi connectivity index (χ2v) is 3.77. The zero-order valence-corrected chi connectivity index (χ0v) is 10.1. The van der Waals surface area contributed by atoms with Crippen LogP contribution in [0.15, 0.2) is 30.7 Å². The molecule has 0 radical (unpaired) electrons. The zero-order valence-electron chi connectivity index (χ0n) is 10.1. The Bertz CT molecular complexity index is 509. The van der Waals surface area contributed by atoms with Crippen molar-refractivity contribution in [3.8, 4) is 0 Å². The molecule has 0 spiro atoms. The summed E-state index contributed by atoms with van der Waals surface area (Å²) < 4.78 is 0. The van der Waals surface area contributed by atoms with Crippen molar-refractivity contribution < 1.29 is 4.79 Å². The van der Waals surface area contributed by atoms with Gasteiger partial charge in [-0.1, -0.05) is 6.92 Å². The number of anilines is 2. The highest BCUT2D eigenvalue weighted by Crippen LogP contribution is 2.13. The fraction of sp³-hybridized carbons (Fsp3) is 0.250. The number of hydrogen-bond donors (Lipinski definition) is 3. The third-order valence-corrected chi connectivity index (χ3v) is 2.35. The van der Waals surface area contributed by atoms with Crippen molar-refractivity contribution in [2.45, 2.75) is 13.3 Å². The molecule has 0 fully saturated rings. The van der Waals surface area contributed by atoms with E-state index in [4.69, 9.17) is 0 Å². The summed E-state index contributed by atoms with van der Waals surface area (Å²) in [4.78, 5) is 16.2. The Hall–Kier alpha value is -2.37. The Labute approximate surface area is 105 Å². The topological polar surface area (TPSA) is 82.7 Å². The first-order chi connectivity index (χ1) is 8.81. The van der Waals surface area contributed by atoms with Crippen LogP contribution in [-0.4, -0.2) is 27.6 Å². The van der Waals surface area contributed by atoms with Gasteiger partial charge in [-0.05, 0) is 18.6 Å². The van der Waals surface area contributed by atoms with E-state index in [1.165, 1.54) is 0 Å². The highest BCUT2D eigenvalue weighted by atomic mass is 16.1.